The molecule has 0 aliphatic heterocycles. The second kappa shape index (κ2) is 8.17. The summed E-state index contributed by atoms with van der Waals surface area (Å²) in [6.07, 6.45) is 2.17. The van der Waals surface area contributed by atoms with Gasteiger partial charge in [-0.1, -0.05) is 36.4 Å². The molecule has 0 spiro atoms. The number of fused-ring (bicyclic) bond motifs is 1. The maximum absolute atomic E-state index is 12.7. The summed E-state index contributed by atoms with van der Waals surface area (Å²) >= 11 is 3.19. The summed E-state index contributed by atoms with van der Waals surface area (Å²) in [4.78, 5) is 22.4. The molecule has 3 heterocycles. The predicted molar refractivity (Wildman–Crippen MR) is 114 cm³/mol. The van der Waals surface area contributed by atoms with Crippen molar-refractivity contribution >= 4 is 32.9 Å². The number of rotatable bonds is 7. The van der Waals surface area contributed by atoms with Crippen molar-refractivity contribution in [2.75, 3.05) is 6.54 Å². The molecule has 0 amide bonds. The lowest BCUT2D eigenvalue weighted by Gasteiger charge is -2.10. The average Bonchev–Trinajstić information content (AvgIpc) is 3.35. The van der Waals surface area contributed by atoms with Crippen LogP contribution in [0.1, 0.15) is 30.8 Å². The lowest BCUT2D eigenvalue weighted by Crippen LogP contribution is -2.85. The Morgan fingerprint density at radius 2 is 2.00 bits per heavy atom. The van der Waals surface area contributed by atoms with Gasteiger partial charge in [0.2, 0.25) is 0 Å². The van der Waals surface area contributed by atoms with Gasteiger partial charge in [0.05, 0.1) is 11.9 Å². The molecule has 0 radical (unpaired) electrons. The van der Waals surface area contributed by atoms with Gasteiger partial charge >= 0.3 is 0 Å². The number of nitrogens with one attached hydrogen (secondary N) is 1. The summed E-state index contributed by atoms with van der Waals surface area (Å²) < 4.78 is 0. The van der Waals surface area contributed by atoms with Gasteiger partial charge < -0.3 is 10.3 Å². The number of aromatic nitrogens is 2. The van der Waals surface area contributed by atoms with E-state index in [1.165, 1.54) is 5.56 Å². The number of H-pyrrole nitrogens is 1. The van der Waals surface area contributed by atoms with Gasteiger partial charge in [0.1, 0.15) is 10.9 Å². The molecule has 4 aromatic rings. The van der Waals surface area contributed by atoms with Crippen molar-refractivity contribution in [3.63, 3.8) is 0 Å². The van der Waals surface area contributed by atoms with E-state index >= 15 is 0 Å². The highest BCUT2D eigenvalue weighted by Crippen LogP contribution is 2.33. The molecule has 6 heteroatoms. The largest absolute Gasteiger partial charge is 0.338 e. The Morgan fingerprint density at radius 3 is 2.78 bits per heavy atom. The number of nitrogens with zero attached hydrogens (tertiary/aromatic N) is 1. The normalized spacial score (nSPS) is 12.5. The minimum Gasteiger partial charge on any atom is -0.338 e. The van der Waals surface area contributed by atoms with Crippen LogP contribution in [0.3, 0.4) is 0 Å². The van der Waals surface area contributed by atoms with Crippen LogP contribution in [0.15, 0.2) is 58.0 Å². The van der Waals surface area contributed by atoms with Crippen LogP contribution in [0.4, 0.5) is 0 Å². The van der Waals surface area contributed by atoms with E-state index in [9.17, 15) is 4.79 Å². The van der Waals surface area contributed by atoms with Gasteiger partial charge in [-0.3, -0.25) is 4.79 Å². The summed E-state index contributed by atoms with van der Waals surface area (Å²) in [5.74, 6) is 0.756. The van der Waals surface area contributed by atoms with Gasteiger partial charge in [0.15, 0.2) is 5.82 Å². The van der Waals surface area contributed by atoms with Gasteiger partial charge in [-0.25, -0.2) is 4.98 Å². The molecular formula is C21H22N3OS2+. The Hall–Kier alpha value is -2.28. The number of quaternary nitrogens is 1. The first-order valence-electron chi connectivity index (χ1n) is 9.15. The topological polar surface area (TPSA) is 62.4 Å². The van der Waals surface area contributed by atoms with E-state index in [-0.39, 0.29) is 11.6 Å². The first kappa shape index (κ1) is 18.1. The Bertz CT molecular complexity index is 1070. The molecule has 0 unspecified atom stereocenters. The minimum absolute atomic E-state index is 0.0378. The maximum Gasteiger partial charge on any atom is 0.260 e. The number of hydrogen-bond acceptors (Lipinski definition) is 4. The molecule has 138 valence electrons. The standard InChI is InChI=1S/C21H21N3OS2/c1-14(22-11-5-9-15-7-3-2-4-8-15)19-23-20(25)18-16(13-27-21(18)24-19)17-10-6-12-26-17/h2-4,6-8,10,12-14,22H,5,9,11H2,1H3,(H,23,24,25)/p+1/t14-/m1/s1. The fraction of sp³-hybridized carbons (Fsp3) is 0.238. The smallest absolute Gasteiger partial charge is 0.260 e. The number of nitrogens with two attached hydrogens (primary N) is 1. The van der Waals surface area contributed by atoms with Crippen molar-refractivity contribution in [1.82, 2.24) is 9.97 Å². The fourth-order valence-electron chi connectivity index (χ4n) is 3.22. The van der Waals surface area contributed by atoms with E-state index in [0.29, 0.717) is 5.39 Å². The van der Waals surface area contributed by atoms with E-state index < -0.39 is 0 Å². The van der Waals surface area contributed by atoms with Crippen LogP contribution in [0, 0.1) is 0 Å². The summed E-state index contributed by atoms with van der Waals surface area (Å²) in [5.41, 5.74) is 2.32. The van der Waals surface area contributed by atoms with Gasteiger partial charge in [0.25, 0.3) is 5.56 Å². The van der Waals surface area contributed by atoms with Crippen molar-refractivity contribution in [3.8, 4) is 10.4 Å². The third-order valence-electron chi connectivity index (χ3n) is 4.71. The van der Waals surface area contributed by atoms with E-state index in [1.807, 2.05) is 29.0 Å². The predicted octanol–water partition coefficient (Wildman–Crippen LogP) is 3.97. The highest BCUT2D eigenvalue weighted by Gasteiger charge is 2.17. The quantitative estimate of drug-likeness (QED) is 0.464. The molecule has 3 N–H and O–H groups in total. The second-order valence-corrected chi connectivity index (χ2v) is 8.47. The lowest BCUT2D eigenvalue weighted by molar-refractivity contribution is -0.694. The van der Waals surface area contributed by atoms with Crippen molar-refractivity contribution in [1.29, 1.82) is 0 Å². The first-order valence-corrected chi connectivity index (χ1v) is 10.9. The molecule has 27 heavy (non-hydrogen) atoms. The van der Waals surface area contributed by atoms with Crippen LogP contribution < -0.4 is 10.9 Å². The highest BCUT2D eigenvalue weighted by molar-refractivity contribution is 7.18. The zero-order valence-corrected chi connectivity index (χ0v) is 16.8. The van der Waals surface area contributed by atoms with Crippen LogP contribution >= 0.6 is 22.7 Å². The van der Waals surface area contributed by atoms with Crippen molar-refractivity contribution in [2.45, 2.75) is 25.8 Å². The molecule has 1 atom stereocenters. The third kappa shape index (κ3) is 4.03. The summed E-state index contributed by atoms with van der Waals surface area (Å²) in [6, 6.07) is 14.7. The van der Waals surface area contributed by atoms with Crippen LogP contribution in [-0.4, -0.2) is 16.5 Å². The van der Waals surface area contributed by atoms with Gasteiger partial charge in [-0.05, 0) is 30.4 Å². The van der Waals surface area contributed by atoms with E-state index in [1.54, 1.807) is 22.7 Å². The maximum atomic E-state index is 12.7. The molecular weight excluding hydrogens is 374 g/mol. The minimum atomic E-state index is -0.0378. The third-order valence-corrected chi connectivity index (χ3v) is 6.49. The number of hydrogen-bond donors (Lipinski definition) is 2. The fourth-order valence-corrected chi connectivity index (χ4v) is 4.99. The molecule has 0 fully saturated rings. The van der Waals surface area contributed by atoms with Crippen LogP contribution in [0.2, 0.25) is 0 Å². The van der Waals surface area contributed by atoms with Gasteiger partial charge in [-0.2, -0.15) is 0 Å². The SMILES string of the molecule is C[C@@H]([NH2+]CCCc1ccccc1)c1nc2scc(-c3cccs3)c2c(=O)[nH]1. The van der Waals surface area contributed by atoms with E-state index in [0.717, 1.165) is 40.5 Å². The van der Waals surface area contributed by atoms with Crippen molar-refractivity contribution in [3.05, 3.63) is 75.0 Å². The van der Waals surface area contributed by atoms with E-state index in [4.69, 9.17) is 4.98 Å². The second-order valence-electron chi connectivity index (χ2n) is 6.66. The first-order chi connectivity index (χ1) is 13.2. The van der Waals surface area contributed by atoms with Gasteiger partial charge in [0, 0.05) is 22.2 Å². The zero-order valence-electron chi connectivity index (χ0n) is 15.1. The lowest BCUT2D eigenvalue weighted by atomic mass is 10.1. The highest BCUT2D eigenvalue weighted by atomic mass is 32.1. The average molecular weight is 397 g/mol. The molecule has 0 saturated carbocycles. The van der Waals surface area contributed by atoms with Crippen LogP contribution in [0.25, 0.3) is 20.7 Å². The van der Waals surface area contributed by atoms with Crippen LogP contribution in [-0.2, 0) is 6.42 Å². The zero-order chi connectivity index (χ0) is 18.6. The molecule has 0 aliphatic rings. The molecule has 0 bridgehead atoms. The summed E-state index contributed by atoms with van der Waals surface area (Å²) in [6.45, 7) is 3.10. The molecule has 3 aromatic heterocycles. The number of aryl methyl sites for hydroxylation is 1. The Labute approximate surface area is 165 Å². The molecule has 0 saturated heterocycles. The van der Waals surface area contributed by atoms with Gasteiger partial charge in [-0.15, -0.1) is 22.7 Å². The molecule has 4 rings (SSSR count). The summed E-state index contributed by atoms with van der Waals surface area (Å²) in [5, 5.41) is 7.03. The van der Waals surface area contributed by atoms with Crippen molar-refractivity contribution in [2.24, 2.45) is 0 Å². The Kier molecular flexibility index (Phi) is 5.48. The number of benzene rings is 1. The van der Waals surface area contributed by atoms with Crippen LogP contribution in [0.5, 0.6) is 0 Å². The molecule has 1 aromatic carbocycles. The number of aromatic amines is 1. The van der Waals surface area contributed by atoms with E-state index in [2.05, 4.69) is 41.5 Å². The monoisotopic (exact) mass is 396 g/mol. The Morgan fingerprint density at radius 1 is 1.15 bits per heavy atom. The molecule has 4 nitrogen and oxygen atoms in total. The Balaban J connectivity index is 1.45. The van der Waals surface area contributed by atoms with Crippen molar-refractivity contribution < 1.29 is 5.32 Å². The summed E-state index contributed by atoms with van der Waals surface area (Å²) in [7, 11) is 0. The number of thiophene rings is 2. The molecule has 0 aliphatic carbocycles.